The topological polar surface area (TPSA) is 39.2 Å². The number of carbonyl (C=O) groups is 1. The van der Waals surface area contributed by atoms with Gasteiger partial charge >= 0.3 is 5.97 Å². The highest BCUT2D eigenvalue weighted by Gasteiger charge is 2.36. The van der Waals surface area contributed by atoms with Crippen LogP contribution in [0.4, 0.5) is 0 Å². The van der Waals surface area contributed by atoms with Gasteiger partial charge in [-0.2, -0.15) is 0 Å². The minimum atomic E-state index is -0.813. The van der Waals surface area contributed by atoms with E-state index >= 15 is 0 Å². The molecule has 0 aliphatic rings. The summed E-state index contributed by atoms with van der Waals surface area (Å²) in [7, 11) is 0. The fourth-order valence-corrected chi connectivity index (χ4v) is 2.94. The zero-order valence-electron chi connectivity index (χ0n) is 10.5. The third-order valence-electron chi connectivity index (χ3n) is 2.60. The number of aromatic nitrogens is 1. The lowest BCUT2D eigenvalue weighted by Gasteiger charge is -2.25. The number of pyridine rings is 1. The number of carbonyl (C=O) groups excluding carboxylic acids is 1. The Morgan fingerprint density at radius 3 is 2.48 bits per heavy atom. The molecule has 0 fully saturated rings. The highest BCUT2D eigenvalue weighted by molar-refractivity contribution is 9.39. The molecule has 0 N–H and O–H groups in total. The summed E-state index contributed by atoms with van der Waals surface area (Å²) < 4.78 is 4.75. The van der Waals surface area contributed by atoms with E-state index in [0.717, 1.165) is 5.56 Å². The lowest BCUT2D eigenvalue weighted by atomic mass is 10.2. The van der Waals surface area contributed by atoms with Crippen LogP contribution in [0.2, 0.25) is 5.02 Å². The van der Waals surface area contributed by atoms with Crippen molar-refractivity contribution in [2.75, 3.05) is 0 Å². The number of halogens is 4. The Morgan fingerprint density at radius 2 is 1.90 bits per heavy atom. The van der Waals surface area contributed by atoms with Gasteiger partial charge in [-0.1, -0.05) is 77.6 Å². The molecule has 1 aromatic heterocycles. The number of ether oxygens (including phenoxy) is 1. The zero-order valence-corrected chi connectivity index (χ0v) is 16.0. The maximum atomic E-state index is 12.3. The van der Waals surface area contributed by atoms with Gasteiger partial charge in [-0.25, -0.2) is 4.79 Å². The van der Waals surface area contributed by atoms with Gasteiger partial charge in [-0.05, 0) is 18.2 Å². The van der Waals surface area contributed by atoms with Crippen molar-refractivity contribution >= 4 is 65.4 Å². The number of benzene rings is 1. The van der Waals surface area contributed by atoms with Crippen LogP contribution in [-0.2, 0) is 4.74 Å². The number of hydrogen-bond acceptors (Lipinski definition) is 3. The van der Waals surface area contributed by atoms with Gasteiger partial charge < -0.3 is 4.74 Å². The average molecular weight is 498 g/mol. The van der Waals surface area contributed by atoms with E-state index in [4.69, 9.17) is 16.3 Å². The molecule has 1 heterocycles. The predicted molar refractivity (Wildman–Crippen MR) is 93.4 cm³/mol. The Labute approximate surface area is 152 Å². The van der Waals surface area contributed by atoms with Crippen LogP contribution in [0, 0.1) is 0 Å². The van der Waals surface area contributed by atoms with Crippen LogP contribution in [0.5, 0.6) is 0 Å². The molecule has 0 saturated heterocycles. The minimum Gasteiger partial charge on any atom is -0.450 e. The molecule has 1 unspecified atom stereocenters. The first-order valence-corrected chi connectivity index (χ1v) is 8.57. The van der Waals surface area contributed by atoms with Gasteiger partial charge in [0.1, 0.15) is 0 Å². The van der Waals surface area contributed by atoms with E-state index in [9.17, 15) is 4.79 Å². The summed E-state index contributed by atoms with van der Waals surface area (Å²) in [5, 5.41) is 0.344. The Morgan fingerprint density at radius 1 is 1.19 bits per heavy atom. The van der Waals surface area contributed by atoms with Gasteiger partial charge in [0.2, 0.25) is 0 Å². The molecule has 0 aliphatic heterocycles. The molecule has 7 heteroatoms. The second kappa shape index (κ2) is 7.22. The van der Waals surface area contributed by atoms with Crippen molar-refractivity contribution < 1.29 is 9.53 Å². The Kier molecular flexibility index (Phi) is 5.82. The molecule has 21 heavy (non-hydrogen) atoms. The van der Waals surface area contributed by atoms with Gasteiger partial charge in [0.25, 0.3) is 0 Å². The van der Waals surface area contributed by atoms with E-state index in [1.54, 1.807) is 42.7 Å². The van der Waals surface area contributed by atoms with Gasteiger partial charge in [0.05, 0.1) is 10.6 Å². The van der Waals surface area contributed by atoms with E-state index in [-0.39, 0.29) is 0 Å². The van der Waals surface area contributed by atoms with Crippen LogP contribution in [-0.4, -0.2) is 13.1 Å². The molecule has 0 bridgehead atoms. The molecule has 110 valence electrons. The number of esters is 1. The van der Waals surface area contributed by atoms with Gasteiger partial charge in [0.15, 0.2) is 8.25 Å². The third kappa shape index (κ3) is 4.52. The van der Waals surface area contributed by atoms with E-state index in [1.807, 2.05) is 6.07 Å². The van der Waals surface area contributed by atoms with Crippen molar-refractivity contribution in [1.29, 1.82) is 0 Å². The number of rotatable bonds is 3. The summed E-state index contributed by atoms with van der Waals surface area (Å²) in [5.74, 6) is -0.517. The molecule has 0 aliphatic carbocycles. The fourth-order valence-electron chi connectivity index (χ4n) is 1.65. The SMILES string of the molecule is O=C(OC(c1cccnc1)C(Br)(Br)Br)c1ccccc1Cl. The first kappa shape index (κ1) is 16.9. The quantitative estimate of drug-likeness (QED) is 0.416. The number of alkyl halides is 3. The lowest BCUT2D eigenvalue weighted by Crippen LogP contribution is -2.22. The zero-order chi connectivity index (χ0) is 15.5. The van der Waals surface area contributed by atoms with Crippen LogP contribution in [0.15, 0.2) is 48.8 Å². The van der Waals surface area contributed by atoms with E-state index in [0.29, 0.717) is 10.6 Å². The van der Waals surface area contributed by atoms with Crippen LogP contribution < -0.4 is 0 Å². The van der Waals surface area contributed by atoms with Crippen LogP contribution in [0.3, 0.4) is 0 Å². The smallest absolute Gasteiger partial charge is 0.340 e. The molecule has 0 spiro atoms. The monoisotopic (exact) mass is 495 g/mol. The molecule has 1 aromatic carbocycles. The highest BCUT2D eigenvalue weighted by atomic mass is 80.0. The van der Waals surface area contributed by atoms with Crippen LogP contribution in [0.25, 0.3) is 0 Å². The summed E-state index contributed by atoms with van der Waals surface area (Å²) in [6.07, 6.45) is 2.63. The van der Waals surface area contributed by atoms with Gasteiger partial charge in [-0.15, -0.1) is 0 Å². The summed E-state index contributed by atoms with van der Waals surface area (Å²) in [5.41, 5.74) is 1.04. The second-order valence-electron chi connectivity index (χ2n) is 4.09. The Bertz CT molecular complexity index is 632. The first-order chi connectivity index (χ1) is 9.89. The molecule has 0 amide bonds. The minimum absolute atomic E-state index is 0.310. The summed E-state index contributed by atoms with van der Waals surface area (Å²) in [4.78, 5) is 16.3. The van der Waals surface area contributed by atoms with Gasteiger partial charge in [-0.3, -0.25) is 4.98 Å². The van der Waals surface area contributed by atoms with Crippen LogP contribution >= 0.6 is 59.4 Å². The Hall–Kier alpha value is -0.430. The van der Waals surface area contributed by atoms with E-state index in [1.165, 1.54) is 0 Å². The standard InChI is InChI=1S/C14H9Br3ClNO2/c15-14(16,17)12(9-4-3-7-19-8-9)21-13(20)10-5-1-2-6-11(10)18/h1-8,12H. The first-order valence-electron chi connectivity index (χ1n) is 5.81. The normalized spacial score (nSPS) is 12.8. The number of nitrogens with zero attached hydrogens (tertiary/aromatic N) is 1. The van der Waals surface area contributed by atoms with Crippen molar-refractivity contribution in [3.63, 3.8) is 0 Å². The highest BCUT2D eigenvalue weighted by Crippen LogP contribution is 2.47. The van der Waals surface area contributed by atoms with Crippen molar-refractivity contribution in [3.8, 4) is 0 Å². The molecule has 3 nitrogen and oxygen atoms in total. The van der Waals surface area contributed by atoms with Crippen molar-refractivity contribution in [3.05, 3.63) is 64.9 Å². The third-order valence-corrected chi connectivity index (χ3v) is 4.18. The maximum absolute atomic E-state index is 12.3. The van der Waals surface area contributed by atoms with E-state index < -0.39 is 14.2 Å². The molecule has 2 rings (SSSR count). The van der Waals surface area contributed by atoms with Gasteiger partial charge in [0, 0.05) is 18.0 Å². The average Bonchev–Trinajstić information content (AvgIpc) is 2.44. The molecule has 2 aromatic rings. The van der Waals surface area contributed by atoms with Crippen molar-refractivity contribution in [2.24, 2.45) is 0 Å². The molecular formula is C14H9Br3ClNO2. The van der Waals surface area contributed by atoms with E-state index in [2.05, 4.69) is 52.8 Å². The number of hydrogen-bond donors (Lipinski definition) is 0. The largest absolute Gasteiger partial charge is 0.450 e. The predicted octanol–water partition coefficient (Wildman–Crippen LogP) is 5.47. The second-order valence-corrected chi connectivity index (χ2v) is 11.4. The van der Waals surface area contributed by atoms with Crippen LogP contribution in [0.1, 0.15) is 22.0 Å². The molecule has 0 radical (unpaired) electrons. The molecule has 0 saturated carbocycles. The summed E-state index contributed by atoms with van der Waals surface area (Å²) in [6.45, 7) is 0. The molecular weight excluding hydrogens is 489 g/mol. The Balaban J connectivity index is 2.29. The van der Waals surface area contributed by atoms with Crippen molar-refractivity contribution in [2.45, 2.75) is 8.25 Å². The lowest BCUT2D eigenvalue weighted by molar-refractivity contribution is 0.0326. The summed E-state index contributed by atoms with van der Waals surface area (Å²) >= 11 is 16.2. The van der Waals surface area contributed by atoms with Crippen molar-refractivity contribution in [1.82, 2.24) is 4.98 Å². The molecule has 1 atom stereocenters. The summed E-state index contributed by atoms with van der Waals surface area (Å²) in [6, 6.07) is 10.3. The maximum Gasteiger partial charge on any atom is 0.340 e. The fraction of sp³-hybridized carbons (Fsp3) is 0.143.